The standard InChI is InChI=1S/C17H18FNO5/c1-11(16(20)19-9-10-22-2)23-17(21)15-8-7-14(24-15)12-5-3-4-6-13(12)18/h3-8,11H,9-10H2,1-2H3,(H,19,20)/t11-/m1/s1. The number of halogens is 1. The molecule has 7 heteroatoms. The Hall–Kier alpha value is -2.67. The number of methoxy groups -OCH3 is 1. The lowest BCUT2D eigenvalue weighted by Gasteiger charge is -2.12. The molecule has 2 aromatic rings. The van der Waals surface area contributed by atoms with Gasteiger partial charge in [-0.15, -0.1) is 0 Å². The molecule has 1 aromatic heterocycles. The Kier molecular flexibility index (Phi) is 6.08. The summed E-state index contributed by atoms with van der Waals surface area (Å²) in [6, 6.07) is 8.89. The van der Waals surface area contributed by atoms with E-state index in [2.05, 4.69) is 5.32 Å². The maximum Gasteiger partial charge on any atom is 0.375 e. The summed E-state index contributed by atoms with van der Waals surface area (Å²) in [6.07, 6.45) is -0.989. The normalized spacial score (nSPS) is 11.8. The first-order valence-corrected chi connectivity index (χ1v) is 7.35. The second-order valence-electron chi connectivity index (χ2n) is 4.98. The summed E-state index contributed by atoms with van der Waals surface area (Å²) in [4.78, 5) is 23.7. The first-order chi connectivity index (χ1) is 11.5. The zero-order valence-corrected chi connectivity index (χ0v) is 13.4. The number of carbonyl (C=O) groups excluding carboxylic acids is 2. The summed E-state index contributed by atoms with van der Waals surface area (Å²) in [6.45, 7) is 2.12. The zero-order chi connectivity index (χ0) is 17.5. The van der Waals surface area contributed by atoms with Gasteiger partial charge in [-0.05, 0) is 31.2 Å². The van der Waals surface area contributed by atoms with Gasteiger partial charge < -0.3 is 19.2 Å². The third kappa shape index (κ3) is 4.42. The van der Waals surface area contributed by atoms with E-state index in [1.54, 1.807) is 12.1 Å². The number of benzene rings is 1. The van der Waals surface area contributed by atoms with Gasteiger partial charge in [0.25, 0.3) is 5.91 Å². The van der Waals surface area contributed by atoms with Gasteiger partial charge in [-0.2, -0.15) is 0 Å². The summed E-state index contributed by atoms with van der Waals surface area (Å²) in [5, 5.41) is 2.56. The van der Waals surface area contributed by atoms with E-state index >= 15 is 0 Å². The van der Waals surface area contributed by atoms with Gasteiger partial charge in [-0.25, -0.2) is 9.18 Å². The summed E-state index contributed by atoms with van der Waals surface area (Å²) >= 11 is 0. The molecule has 1 atom stereocenters. The highest BCUT2D eigenvalue weighted by Gasteiger charge is 2.21. The predicted octanol–water partition coefficient (Wildman–Crippen LogP) is 2.39. The highest BCUT2D eigenvalue weighted by atomic mass is 19.1. The molecule has 0 fully saturated rings. The highest BCUT2D eigenvalue weighted by molar-refractivity contribution is 5.90. The molecule has 0 aliphatic rings. The molecule has 6 nitrogen and oxygen atoms in total. The van der Waals surface area contributed by atoms with Gasteiger partial charge in [-0.3, -0.25) is 4.79 Å². The Balaban J connectivity index is 1.98. The summed E-state index contributed by atoms with van der Waals surface area (Å²) < 4.78 is 28.9. The van der Waals surface area contributed by atoms with Gasteiger partial charge in [0.05, 0.1) is 12.2 Å². The molecule has 1 amide bonds. The SMILES string of the molecule is COCCNC(=O)[C@@H](C)OC(=O)c1ccc(-c2ccccc2F)o1. The van der Waals surface area contributed by atoms with E-state index in [4.69, 9.17) is 13.9 Å². The monoisotopic (exact) mass is 335 g/mol. The third-order valence-electron chi connectivity index (χ3n) is 3.20. The maximum atomic E-state index is 13.7. The van der Waals surface area contributed by atoms with Crippen LogP contribution in [0, 0.1) is 5.82 Å². The van der Waals surface area contributed by atoms with Crippen molar-refractivity contribution in [3.05, 3.63) is 48.0 Å². The minimum atomic E-state index is -0.989. The van der Waals surface area contributed by atoms with Crippen LogP contribution >= 0.6 is 0 Å². The van der Waals surface area contributed by atoms with Crippen LogP contribution < -0.4 is 5.32 Å². The van der Waals surface area contributed by atoms with Crippen molar-refractivity contribution in [2.24, 2.45) is 0 Å². The van der Waals surface area contributed by atoms with Gasteiger partial charge in [0.15, 0.2) is 6.10 Å². The molecule has 1 N–H and O–H groups in total. The van der Waals surface area contributed by atoms with Crippen molar-refractivity contribution in [2.45, 2.75) is 13.0 Å². The van der Waals surface area contributed by atoms with Crippen LogP contribution in [-0.2, 0) is 14.3 Å². The van der Waals surface area contributed by atoms with Crippen molar-refractivity contribution in [3.63, 3.8) is 0 Å². The number of rotatable bonds is 7. The quantitative estimate of drug-likeness (QED) is 0.621. The van der Waals surface area contributed by atoms with Crippen molar-refractivity contribution >= 4 is 11.9 Å². The Morgan fingerprint density at radius 2 is 2.00 bits per heavy atom. The maximum absolute atomic E-state index is 13.7. The van der Waals surface area contributed by atoms with Crippen molar-refractivity contribution in [2.75, 3.05) is 20.3 Å². The number of hydrogen-bond donors (Lipinski definition) is 1. The minimum absolute atomic E-state index is 0.107. The van der Waals surface area contributed by atoms with Gasteiger partial charge >= 0.3 is 5.97 Å². The Bertz CT molecular complexity index is 713. The van der Waals surface area contributed by atoms with Crippen molar-refractivity contribution in [3.8, 4) is 11.3 Å². The van der Waals surface area contributed by atoms with E-state index in [0.29, 0.717) is 13.2 Å². The molecule has 0 aliphatic heterocycles. The Morgan fingerprint density at radius 1 is 1.25 bits per heavy atom. The Labute approximate surface area is 138 Å². The first kappa shape index (κ1) is 17.7. The highest BCUT2D eigenvalue weighted by Crippen LogP contribution is 2.25. The van der Waals surface area contributed by atoms with E-state index in [-0.39, 0.29) is 17.1 Å². The summed E-state index contributed by atoms with van der Waals surface area (Å²) in [5.74, 6) is -1.60. The molecular weight excluding hydrogens is 317 g/mol. The summed E-state index contributed by atoms with van der Waals surface area (Å²) in [7, 11) is 1.51. The number of carbonyl (C=O) groups is 2. The lowest BCUT2D eigenvalue weighted by molar-refractivity contribution is -0.129. The average Bonchev–Trinajstić information content (AvgIpc) is 3.05. The van der Waals surface area contributed by atoms with Crippen LogP contribution in [0.1, 0.15) is 17.5 Å². The molecule has 24 heavy (non-hydrogen) atoms. The fourth-order valence-corrected chi connectivity index (χ4v) is 1.95. The van der Waals surface area contributed by atoms with Crippen molar-refractivity contribution in [1.29, 1.82) is 0 Å². The van der Waals surface area contributed by atoms with Crippen LogP contribution in [0.15, 0.2) is 40.8 Å². The van der Waals surface area contributed by atoms with Crippen molar-refractivity contribution < 1.29 is 27.9 Å². The van der Waals surface area contributed by atoms with Crippen LogP contribution in [0.25, 0.3) is 11.3 Å². The fourth-order valence-electron chi connectivity index (χ4n) is 1.95. The number of furan rings is 1. The topological polar surface area (TPSA) is 77.8 Å². The lowest BCUT2D eigenvalue weighted by atomic mass is 10.1. The van der Waals surface area contributed by atoms with E-state index in [9.17, 15) is 14.0 Å². The molecule has 0 aliphatic carbocycles. The van der Waals surface area contributed by atoms with Gasteiger partial charge in [0.2, 0.25) is 5.76 Å². The summed E-state index contributed by atoms with van der Waals surface area (Å²) in [5.41, 5.74) is 0.238. The zero-order valence-electron chi connectivity index (χ0n) is 13.4. The molecule has 0 saturated heterocycles. The smallest absolute Gasteiger partial charge is 0.375 e. The van der Waals surface area contributed by atoms with Crippen molar-refractivity contribution in [1.82, 2.24) is 5.32 Å². The molecule has 0 unspecified atom stereocenters. The number of nitrogens with one attached hydrogen (secondary N) is 1. The van der Waals surface area contributed by atoms with Gasteiger partial charge in [-0.1, -0.05) is 12.1 Å². The largest absolute Gasteiger partial charge is 0.449 e. The average molecular weight is 335 g/mol. The second kappa shape index (κ2) is 8.26. The van der Waals surface area contributed by atoms with E-state index in [1.165, 1.54) is 38.3 Å². The number of ether oxygens (including phenoxy) is 2. The van der Waals surface area contributed by atoms with Crippen LogP contribution in [0.4, 0.5) is 4.39 Å². The predicted molar refractivity (Wildman–Crippen MR) is 83.9 cm³/mol. The van der Waals surface area contributed by atoms with E-state index < -0.39 is 23.8 Å². The van der Waals surface area contributed by atoms with Crippen LogP contribution in [0.5, 0.6) is 0 Å². The molecule has 0 spiro atoms. The fraction of sp³-hybridized carbons (Fsp3) is 0.294. The lowest BCUT2D eigenvalue weighted by Crippen LogP contribution is -2.37. The molecule has 0 radical (unpaired) electrons. The first-order valence-electron chi connectivity index (χ1n) is 7.35. The second-order valence-corrected chi connectivity index (χ2v) is 4.98. The Morgan fingerprint density at radius 3 is 2.71 bits per heavy atom. The third-order valence-corrected chi connectivity index (χ3v) is 3.20. The molecular formula is C17H18FNO5. The molecule has 0 bridgehead atoms. The van der Waals surface area contributed by atoms with Crippen LogP contribution in [0.2, 0.25) is 0 Å². The van der Waals surface area contributed by atoms with Gasteiger partial charge in [0, 0.05) is 13.7 Å². The molecule has 2 rings (SSSR count). The number of hydrogen-bond acceptors (Lipinski definition) is 5. The number of amides is 1. The molecule has 0 saturated carbocycles. The number of esters is 1. The molecule has 1 aromatic carbocycles. The van der Waals surface area contributed by atoms with E-state index in [1.807, 2.05) is 0 Å². The van der Waals surface area contributed by atoms with Crippen LogP contribution in [-0.4, -0.2) is 38.2 Å². The molecule has 1 heterocycles. The molecule has 128 valence electrons. The van der Waals surface area contributed by atoms with Gasteiger partial charge in [0.1, 0.15) is 11.6 Å². The minimum Gasteiger partial charge on any atom is -0.449 e. The van der Waals surface area contributed by atoms with E-state index in [0.717, 1.165) is 0 Å². The van der Waals surface area contributed by atoms with Crippen LogP contribution in [0.3, 0.4) is 0 Å².